The van der Waals surface area contributed by atoms with Gasteiger partial charge in [0, 0.05) is 13.8 Å². The Labute approximate surface area is 124 Å². The minimum Gasteiger partial charge on any atom is -0.480 e. The van der Waals surface area contributed by atoms with Gasteiger partial charge in [-0.15, -0.1) is 0 Å². The lowest BCUT2D eigenvalue weighted by atomic mass is 9.88. The SMILES string of the molecule is CC(=O)O[C@H](C)OC(=O)N[C@@](C)(CC1CCCC1)C(=O)O. The molecule has 1 saturated carbocycles. The molecule has 0 unspecified atom stereocenters. The van der Waals surface area contributed by atoms with Gasteiger partial charge in [0.15, 0.2) is 0 Å². The van der Waals surface area contributed by atoms with E-state index < -0.39 is 29.9 Å². The maximum Gasteiger partial charge on any atom is 0.411 e. The number of carbonyl (C=O) groups excluding carboxylic acids is 2. The van der Waals surface area contributed by atoms with E-state index in [1.807, 2.05) is 0 Å². The summed E-state index contributed by atoms with van der Waals surface area (Å²) in [5, 5.41) is 11.7. The summed E-state index contributed by atoms with van der Waals surface area (Å²) in [4.78, 5) is 33.9. The molecule has 0 saturated heterocycles. The van der Waals surface area contributed by atoms with Crippen LogP contribution in [0.1, 0.15) is 52.9 Å². The van der Waals surface area contributed by atoms with E-state index in [0.29, 0.717) is 6.42 Å². The van der Waals surface area contributed by atoms with Crippen molar-refractivity contribution in [2.75, 3.05) is 0 Å². The number of carboxylic acid groups (broad SMARTS) is 1. The summed E-state index contributed by atoms with van der Waals surface area (Å²) in [6.07, 6.45) is 2.52. The first-order valence-electron chi connectivity index (χ1n) is 7.12. The molecule has 2 N–H and O–H groups in total. The summed E-state index contributed by atoms with van der Waals surface area (Å²) in [6.45, 7) is 4.04. The molecule has 0 aromatic rings. The molecule has 1 amide bonds. The lowest BCUT2D eigenvalue weighted by Gasteiger charge is -2.29. The Hall–Kier alpha value is -1.79. The summed E-state index contributed by atoms with van der Waals surface area (Å²) >= 11 is 0. The molecular formula is C14H23NO6. The molecule has 0 aromatic carbocycles. The van der Waals surface area contributed by atoms with Gasteiger partial charge in [-0.1, -0.05) is 25.7 Å². The van der Waals surface area contributed by atoms with Crippen LogP contribution in [0, 0.1) is 5.92 Å². The molecule has 0 radical (unpaired) electrons. The fourth-order valence-corrected chi connectivity index (χ4v) is 2.65. The Kier molecular flexibility index (Phi) is 5.99. The number of carbonyl (C=O) groups is 3. The van der Waals surface area contributed by atoms with Crippen molar-refractivity contribution < 1.29 is 29.0 Å². The number of amides is 1. The van der Waals surface area contributed by atoms with Crippen molar-refractivity contribution in [3.05, 3.63) is 0 Å². The molecule has 1 rings (SSSR count). The second-order valence-electron chi connectivity index (χ2n) is 5.70. The van der Waals surface area contributed by atoms with Crippen molar-refractivity contribution >= 4 is 18.0 Å². The van der Waals surface area contributed by atoms with E-state index in [9.17, 15) is 19.5 Å². The second kappa shape index (κ2) is 7.28. The monoisotopic (exact) mass is 301 g/mol. The van der Waals surface area contributed by atoms with Crippen LogP contribution in [0.2, 0.25) is 0 Å². The second-order valence-corrected chi connectivity index (χ2v) is 5.70. The highest BCUT2D eigenvalue weighted by Crippen LogP contribution is 2.32. The van der Waals surface area contributed by atoms with E-state index in [2.05, 4.69) is 10.1 Å². The molecule has 0 bridgehead atoms. The lowest BCUT2D eigenvalue weighted by molar-refractivity contribution is -0.163. The van der Waals surface area contributed by atoms with Gasteiger partial charge in [0.2, 0.25) is 6.29 Å². The standard InChI is InChI=1S/C14H23NO6/c1-9(16)20-10(2)21-13(19)15-14(3,12(17)18)8-11-6-4-5-7-11/h10-11H,4-8H2,1-3H3,(H,15,19)(H,17,18)/t10-,14-/m0/s1. The van der Waals surface area contributed by atoms with Gasteiger partial charge >= 0.3 is 18.0 Å². The molecule has 7 heteroatoms. The minimum absolute atomic E-state index is 0.289. The van der Waals surface area contributed by atoms with Crippen LogP contribution in [-0.2, 0) is 19.1 Å². The molecular weight excluding hydrogens is 278 g/mol. The number of esters is 1. The zero-order valence-electron chi connectivity index (χ0n) is 12.7. The predicted octanol–water partition coefficient (Wildman–Crippen LogP) is 2.05. The summed E-state index contributed by atoms with van der Waals surface area (Å²) in [5.74, 6) is -1.40. The number of hydrogen-bond acceptors (Lipinski definition) is 5. The predicted molar refractivity (Wildman–Crippen MR) is 73.5 cm³/mol. The maximum absolute atomic E-state index is 11.7. The summed E-state index contributed by atoms with van der Waals surface area (Å²) in [6, 6.07) is 0. The van der Waals surface area contributed by atoms with Crippen molar-refractivity contribution in [3.63, 3.8) is 0 Å². The van der Waals surface area contributed by atoms with E-state index in [1.54, 1.807) is 0 Å². The van der Waals surface area contributed by atoms with Gasteiger partial charge in [-0.2, -0.15) is 0 Å². The van der Waals surface area contributed by atoms with Crippen molar-refractivity contribution in [1.29, 1.82) is 0 Å². The number of alkyl carbamates (subject to hydrolysis) is 1. The highest BCUT2D eigenvalue weighted by molar-refractivity contribution is 5.84. The summed E-state index contributed by atoms with van der Waals surface area (Å²) < 4.78 is 9.47. The first-order valence-corrected chi connectivity index (χ1v) is 7.12. The first-order chi connectivity index (χ1) is 9.73. The smallest absolute Gasteiger partial charge is 0.411 e. The number of hydrogen-bond donors (Lipinski definition) is 2. The normalized spacial score (nSPS) is 19.4. The quantitative estimate of drug-likeness (QED) is 0.575. The van der Waals surface area contributed by atoms with E-state index in [1.165, 1.54) is 20.8 Å². The first kappa shape index (κ1) is 17.3. The third-order valence-corrected chi connectivity index (χ3v) is 3.63. The molecule has 1 fully saturated rings. The Morgan fingerprint density at radius 3 is 2.33 bits per heavy atom. The van der Waals surface area contributed by atoms with Crippen LogP contribution in [0.15, 0.2) is 0 Å². The Morgan fingerprint density at radius 1 is 1.29 bits per heavy atom. The van der Waals surface area contributed by atoms with Gasteiger partial charge in [0.25, 0.3) is 0 Å². The third kappa shape index (κ3) is 5.61. The molecule has 0 aliphatic heterocycles. The number of aliphatic carboxylic acids is 1. The van der Waals surface area contributed by atoms with E-state index in [0.717, 1.165) is 25.7 Å². The number of ether oxygens (including phenoxy) is 2. The molecule has 7 nitrogen and oxygen atoms in total. The Balaban J connectivity index is 2.57. The van der Waals surface area contributed by atoms with E-state index in [4.69, 9.17) is 4.74 Å². The van der Waals surface area contributed by atoms with Crippen molar-refractivity contribution in [3.8, 4) is 0 Å². The van der Waals surface area contributed by atoms with Crippen LogP contribution in [-0.4, -0.2) is 35.0 Å². The maximum atomic E-state index is 11.7. The van der Waals surface area contributed by atoms with Crippen LogP contribution in [0.4, 0.5) is 4.79 Å². The molecule has 0 heterocycles. The van der Waals surface area contributed by atoms with Crippen LogP contribution in [0.25, 0.3) is 0 Å². The van der Waals surface area contributed by atoms with Gasteiger partial charge < -0.3 is 19.9 Å². The Morgan fingerprint density at radius 2 is 1.86 bits per heavy atom. The molecule has 1 aliphatic rings. The Bertz CT molecular complexity index is 404. The van der Waals surface area contributed by atoms with Crippen LogP contribution < -0.4 is 5.32 Å². The molecule has 0 aromatic heterocycles. The number of carboxylic acids is 1. The zero-order chi connectivity index (χ0) is 16.0. The largest absolute Gasteiger partial charge is 0.480 e. The average Bonchev–Trinajstić information content (AvgIpc) is 2.79. The minimum atomic E-state index is -1.39. The zero-order valence-corrected chi connectivity index (χ0v) is 12.7. The van der Waals surface area contributed by atoms with Gasteiger partial charge in [0.05, 0.1) is 0 Å². The van der Waals surface area contributed by atoms with Crippen LogP contribution in [0.5, 0.6) is 0 Å². The average molecular weight is 301 g/mol. The van der Waals surface area contributed by atoms with Crippen molar-refractivity contribution in [1.82, 2.24) is 5.32 Å². The topological polar surface area (TPSA) is 102 Å². The number of rotatable bonds is 6. The third-order valence-electron chi connectivity index (χ3n) is 3.63. The van der Waals surface area contributed by atoms with Crippen LogP contribution in [0.3, 0.4) is 0 Å². The van der Waals surface area contributed by atoms with Gasteiger partial charge in [-0.05, 0) is 19.3 Å². The van der Waals surface area contributed by atoms with Gasteiger partial charge in [-0.25, -0.2) is 9.59 Å². The highest BCUT2D eigenvalue weighted by Gasteiger charge is 2.38. The lowest BCUT2D eigenvalue weighted by Crippen LogP contribution is -2.53. The summed E-state index contributed by atoms with van der Waals surface area (Å²) in [5.41, 5.74) is -1.39. The van der Waals surface area contributed by atoms with Gasteiger partial charge in [-0.3, -0.25) is 4.79 Å². The summed E-state index contributed by atoms with van der Waals surface area (Å²) in [7, 11) is 0. The van der Waals surface area contributed by atoms with Crippen LogP contribution >= 0.6 is 0 Å². The highest BCUT2D eigenvalue weighted by atomic mass is 16.7. The van der Waals surface area contributed by atoms with Crippen molar-refractivity contribution in [2.45, 2.75) is 64.7 Å². The van der Waals surface area contributed by atoms with E-state index in [-0.39, 0.29) is 5.92 Å². The fraction of sp³-hybridized carbons (Fsp3) is 0.786. The molecule has 21 heavy (non-hydrogen) atoms. The van der Waals surface area contributed by atoms with E-state index >= 15 is 0 Å². The molecule has 0 spiro atoms. The van der Waals surface area contributed by atoms with Gasteiger partial charge in [0.1, 0.15) is 5.54 Å². The fourth-order valence-electron chi connectivity index (χ4n) is 2.65. The number of nitrogens with one attached hydrogen (secondary N) is 1. The molecule has 2 atom stereocenters. The van der Waals surface area contributed by atoms with Crippen molar-refractivity contribution in [2.24, 2.45) is 5.92 Å². The molecule has 120 valence electrons. The molecule has 1 aliphatic carbocycles.